The summed E-state index contributed by atoms with van der Waals surface area (Å²) in [6.45, 7) is 8.20. The van der Waals surface area contributed by atoms with Crippen molar-refractivity contribution in [3.8, 4) is 0 Å². The maximum Gasteiger partial charge on any atom is 0.250 e. The Hall–Kier alpha value is -2.65. The number of aliphatic hydroxyl groups excluding tert-OH is 1. The van der Waals surface area contributed by atoms with Crippen molar-refractivity contribution in [2.24, 2.45) is 11.8 Å². The number of hydrogen-bond donors (Lipinski definition) is 3. The van der Waals surface area contributed by atoms with Crippen molar-refractivity contribution in [1.82, 2.24) is 10.2 Å². The number of anilines is 2. The van der Waals surface area contributed by atoms with Gasteiger partial charge in [0.05, 0.1) is 17.4 Å². The van der Waals surface area contributed by atoms with Crippen LogP contribution in [0.3, 0.4) is 0 Å². The largest absolute Gasteiger partial charge is 0.396 e. The summed E-state index contributed by atoms with van der Waals surface area (Å²) in [6, 6.07) is 6.85. The van der Waals surface area contributed by atoms with E-state index < -0.39 is 29.1 Å². The van der Waals surface area contributed by atoms with Crippen molar-refractivity contribution >= 4 is 29.1 Å². The van der Waals surface area contributed by atoms with Crippen LogP contribution in [0.4, 0.5) is 11.4 Å². The van der Waals surface area contributed by atoms with Gasteiger partial charge in [0.2, 0.25) is 17.7 Å². The van der Waals surface area contributed by atoms with Crippen LogP contribution in [-0.4, -0.2) is 78.3 Å². The molecular weight excluding hydrogens is 448 g/mol. The third-order valence-corrected chi connectivity index (χ3v) is 8.12. The van der Waals surface area contributed by atoms with Crippen LogP contribution in [0.2, 0.25) is 0 Å². The summed E-state index contributed by atoms with van der Waals surface area (Å²) in [7, 11) is 1.56. The predicted molar refractivity (Wildman–Crippen MR) is 133 cm³/mol. The third-order valence-electron chi connectivity index (χ3n) is 8.12. The number of ether oxygens (including phenoxy) is 1. The molecule has 3 amide bonds. The lowest BCUT2D eigenvalue weighted by atomic mass is 9.66. The second-order valence-electron chi connectivity index (χ2n) is 10.0. The van der Waals surface area contributed by atoms with Gasteiger partial charge in [-0.2, -0.15) is 0 Å². The van der Waals surface area contributed by atoms with Crippen LogP contribution in [-0.2, 0) is 19.1 Å². The number of rotatable bonds is 10. The topological polar surface area (TPSA) is 111 Å². The molecule has 1 spiro atoms. The summed E-state index contributed by atoms with van der Waals surface area (Å²) >= 11 is 0. The molecule has 2 unspecified atom stereocenters. The highest BCUT2D eigenvalue weighted by Gasteiger charge is 2.77. The van der Waals surface area contributed by atoms with Gasteiger partial charge in [0.25, 0.3) is 0 Å². The maximum absolute atomic E-state index is 13.8. The third kappa shape index (κ3) is 4.08. The molecule has 1 aromatic carbocycles. The maximum atomic E-state index is 13.8. The zero-order chi connectivity index (χ0) is 25.4. The zero-order valence-corrected chi connectivity index (χ0v) is 21.2. The molecule has 3 fully saturated rings. The molecule has 0 radical (unpaired) electrons. The molecule has 35 heavy (non-hydrogen) atoms. The molecule has 0 saturated carbocycles. The number of benzene rings is 1. The highest BCUT2D eigenvalue weighted by Crippen LogP contribution is 2.63. The number of likely N-dealkylation sites (tertiary alicyclic amines) is 1. The second-order valence-corrected chi connectivity index (χ2v) is 10.0. The molecule has 3 aliphatic rings. The predicted octanol–water partition coefficient (Wildman–Crippen LogP) is 1.75. The summed E-state index contributed by atoms with van der Waals surface area (Å²) in [6.07, 6.45) is 2.25. The van der Waals surface area contributed by atoms with Crippen molar-refractivity contribution in [2.75, 3.05) is 43.5 Å². The molecule has 9 heteroatoms. The van der Waals surface area contributed by atoms with Crippen molar-refractivity contribution in [3.63, 3.8) is 0 Å². The first-order valence-electron chi connectivity index (χ1n) is 12.7. The van der Waals surface area contributed by atoms with Gasteiger partial charge in [0, 0.05) is 44.7 Å². The number of carbonyl (C=O) groups excluding carboxylic acids is 3. The van der Waals surface area contributed by atoms with E-state index in [0.29, 0.717) is 37.9 Å². The lowest BCUT2D eigenvalue weighted by molar-refractivity contribution is -0.144. The molecular formula is C26H38N4O5. The first-order valence-corrected chi connectivity index (χ1v) is 12.7. The smallest absolute Gasteiger partial charge is 0.250 e. The standard InChI is InChI=1S/C26H38N4O5/c1-5-29(6-2)18-11-9-17(10-12-18)28-23(33)21-26-14-13-25(3,35-26)19(22(32)27-4)20(26)24(34)30(21)15-7-8-16-31/h9-12,19-21,31H,5-8,13-16H2,1-4H3,(H,27,32)(H,28,33)/t19-,20-,21?,25+,26?/m0/s1. The average Bonchev–Trinajstić information content (AvgIpc) is 3.41. The lowest BCUT2D eigenvalue weighted by Gasteiger charge is -2.33. The van der Waals surface area contributed by atoms with Crippen LogP contribution in [0.1, 0.15) is 46.5 Å². The second kappa shape index (κ2) is 9.78. The Morgan fingerprint density at radius 2 is 1.83 bits per heavy atom. The normalized spacial score (nSPS) is 30.9. The zero-order valence-electron chi connectivity index (χ0n) is 21.2. The first kappa shape index (κ1) is 25.4. The number of fused-ring (bicyclic) bond motifs is 1. The molecule has 192 valence electrons. The number of hydrogen-bond acceptors (Lipinski definition) is 6. The SMILES string of the molecule is CCN(CC)c1ccc(NC(=O)C2N(CCCCO)C(=O)[C@@H]3[C@@H](C(=O)NC)[C@@]4(C)CCC23O4)cc1. The fourth-order valence-corrected chi connectivity index (χ4v) is 6.47. The van der Waals surface area contributed by atoms with E-state index in [1.165, 1.54) is 0 Å². The molecule has 3 N–H and O–H groups in total. The number of unbranched alkanes of at least 4 members (excludes halogenated alkanes) is 1. The highest BCUT2D eigenvalue weighted by atomic mass is 16.5. The molecule has 0 aromatic heterocycles. The Bertz CT molecular complexity index is 965. The van der Waals surface area contributed by atoms with E-state index in [4.69, 9.17) is 4.74 Å². The van der Waals surface area contributed by atoms with E-state index in [0.717, 1.165) is 18.8 Å². The van der Waals surface area contributed by atoms with Crippen LogP contribution < -0.4 is 15.5 Å². The van der Waals surface area contributed by atoms with Gasteiger partial charge < -0.3 is 30.3 Å². The summed E-state index contributed by atoms with van der Waals surface area (Å²) in [5, 5.41) is 15.0. The molecule has 3 heterocycles. The Labute approximate surface area is 207 Å². The van der Waals surface area contributed by atoms with E-state index in [1.54, 1.807) is 11.9 Å². The molecule has 2 bridgehead atoms. The van der Waals surface area contributed by atoms with E-state index in [1.807, 2.05) is 31.2 Å². The summed E-state index contributed by atoms with van der Waals surface area (Å²) in [5.74, 6) is -2.08. The van der Waals surface area contributed by atoms with Gasteiger partial charge >= 0.3 is 0 Å². The molecule has 0 aliphatic carbocycles. The average molecular weight is 487 g/mol. The van der Waals surface area contributed by atoms with Crippen molar-refractivity contribution in [3.05, 3.63) is 24.3 Å². The minimum atomic E-state index is -1.03. The molecule has 1 aromatic rings. The molecule has 3 saturated heterocycles. The minimum Gasteiger partial charge on any atom is -0.396 e. The number of nitrogens with zero attached hydrogens (tertiary/aromatic N) is 2. The quantitative estimate of drug-likeness (QED) is 0.435. The Kier molecular flexibility index (Phi) is 7.11. The van der Waals surface area contributed by atoms with E-state index in [2.05, 4.69) is 29.4 Å². The fourth-order valence-electron chi connectivity index (χ4n) is 6.47. The van der Waals surface area contributed by atoms with Gasteiger partial charge in [-0.3, -0.25) is 14.4 Å². The van der Waals surface area contributed by atoms with Gasteiger partial charge in [0.1, 0.15) is 11.6 Å². The monoisotopic (exact) mass is 486 g/mol. The van der Waals surface area contributed by atoms with Crippen molar-refractivity contribution < 1.29 is 24.2 Å². The van der Waals surface area contributed by atoms with Gasteiger partial charge in [0.15, 0.2) is 0 Å². The van der Waals surface area contributed by atoms with Crippen LogP contribution in [0.25, 0.3) is 0 Å². The molecule has 3 aliphatic heterocycles. The molecule has 9 nitrogen and oxygen atoms in total. The Morgan fingerprint density at radius 1 is 1.14 bits per heavy atom. The van der Waals surface area contributed by atoms with Gasteiger partial charge in [-0.25, -0.2) is 0 Å². The Balaban J connectivity index is 1.64. The first-order chi connectivity index (χ1) is 16.8. The van der Waals surface area contributed by atoms with E-state index in [9.17, 15) is 19.5 Å². The van der Waals surface area contributed by atoms with Crippen LogP contribution >= 0.6 is 0 Å². The fraction of sp³-hybridized carbons (Fsp3) is 0.654. The van der Waals surface area contributed by atoms with E-state index >= 15 is 0 Å². The summed E-state index contributed by atoms with van der Waals surface area (Å²) in [5.41, 5.74) is -0.0859. The lowest BCUT2D eigenvalue weighted by Crippen LogP contribution is -2.53. The van der Waals surface area contributed by atoms with E-state index in [-0.39, 0.29) is 24.3 Å². The minimum absolute atomic E-state index is 0.0157. The molecule has 5 atom stereocenters. The van der Waals surface area contributed by atoms with Crippen molar-refractivity contribution in [1.29, 1.82) is 0 Å². The number of carbonyl (C=O) groups is 3. The highest BCUT2D eigenvalue weighted by molar-refractivity contribution is 6.03. The van der Waals surface area contributed by atoms with Crippen LogP contribution in [0, 0.1) is 11.8 Å². The van der Waals surface area contributed by atoms with Gasteiger partial charge in [-0.05, 0) is 70.7 Å². The number of amides is 3. The van der Waals surface area contributed by atoms with Gasteiger partial charge in [-0.15, -0.1) is 0 Å². The summed E-state index contributed by atoms with van der Waals surface area (Å²) in [4.78, 5) is 44.1. The molecule has 4 rings (SSSR count). The Morgan fingerprint density at radius 3 is 2.43 bits per heavy atom. The van der Waals surface area contributed by atoms with Crippen molar-refractivity contribution in [2.45, 2.75) is 63.7 Å². The number of nitrogens with one attached hydrogen (secondary N) is 2. The van der Waals surface area contributed by atoms with Crippen LogP contribution in [0.15, 0.2) is 24.3 Å². The number of aliphatic hydroxyl groups is 1. The van der Waals surface area contributed by atoms with Crippen LogP contribution in [0.5, 0.6) is 0 Å². The van der Waals surface area contributed by atoms with Gasteiger partial charge in [-0.1, -0.05) is 0 Å². The summed E-state index contributed by atoms with van der Waals surface area (Å²) < 4.78 is 6.52.